The van der Waals surface area contributed by atoms with Crippen molar-refractivity contribution in [2.24, 2.45) is 0 Å². The summed E-state index contributed by atoms with van der Waals surface area (Å²) in [7, 11) is 0. The Hall–Kier alpha value is -2.54. The van der Waals surface area contributed by atoms with E-state index in [4.69, 9.17) is 4.74 Å². The predicted molar refractivity (Wildman–Crippen MR) is 74.6 cm³/mol. The molecule has 7 heteroatoms. The van der Waals surface area contributed by atoms with Gasteiger partial charge in [0.1, 0.15) is 24.3 Å². The molecule has 1 atom stereocenters. The Bertz CT molecular complexity index is 706. The van der Waals surface area contributed by atoms with E-state index in [1.807, 2.05) is 0 Å². The summed E-state index contributed by atoms with van der Waals surface area (Å²) in [5.41, 5.74) is 0.457. The smallest absolute Gasteiger partial charge is 0.313 e. The van der Waals surface area contributed by atoms with Crippen LogP contribution in [0.15, 0.2) is 36.4 Å². The van der Waals surface area contributed by atoms with E-state index in [1.54, 1.807) is 6.92 Å². The van der Waals surface area contributed by atoms with Gasteiger partial charge in [-0.15, -0.1) is 0 Å². The number of ether oxygens (including phenoxy) is 1. The highest BCUT2D eigenvalue weighted by Gasteiger charge is 2.18. The third-order valence-electron chi connectivity index (χ3n) is 3.11. The minimum Gasteiger partial charge on any atom is -0.484 e. The van der Waals surface area contributed by atoms with Gasteiger partial charge in [0.15, 0.2) is 5.75 Å². The maximum Gasteiger partial charge on any atom is 0.313 e. The summed E-state index contributed by atoms with van der Waals surface area (Å²) in [6.45, 7) is 1.35. The van der Waals surface area contributed by atoms with Gasteiger partial charge in [-0.25, -0.2) is 8.78 Å². The van der Waals surface area contributed by atoms with Gasteiger partial charge in [0.2, 0.25) is 0 Å². The molecule has 1 unspecified atom stereocenters. The molecule has 2 rings (SSSR count). The van der Waals surface area contributed by atoms with Crippen LogP contribution in [0, 0.1) is 28.7 Å². The summed E-state index contributed by atoms with van der Waals surface area (Å²) >= 11 is 0. The summed E-state index contributed by atoms with van der Waals surface area (Å²) < 4.78 is 31.2. The van der Waals surface area contributed by atoms with Crippen LogP contribution in [0.2, 0.25) is 0 Å². The molecule has 2 aromatic rings. The summed E-state index contributed by atoms with van der Waals surface area (Å²) in [4.78, 5) is 10.1. The highest BCUT2D eigenvalue weighted by molar-refractivity contribution is 5.46. The number of benzene rings is 2. The maximum absolute atomic E-state index is 13.0. The van der Waals surface area contributed by atoms with Crippen molar-refractivity contribution in [1.29, 1.82) is 0 Å². The molecule has 0 aliphatic heterocycles. The van der Waals surface area contributed by atoms with Gasteiger partial charge in [0.05, 0.1) is 11.0 Å². The molecule has 2 aromatic carbocycles. The van der Waals surface area contributed by atoms with Gasteiger partial charge >= 0.3 is 5.69 Å². The molecule has 1 N–H and O–H groups in total. The topological polar surface area (TPSA) is 72.6 Å². The molecular formula is C15H13F2NO4. The van der Waals surface area contributed by atoms with Crippen LogP contribution in [0.1, 0.15) is 17.2 Å². The first kappa shape index (κ1) is 15.8. The lowest BCUT2D eigenvalue weighted by Crippen LogP contribution is -2.12. The van der Waals surface area contributed by atoms with Gasteiger partial charge in [-0.1, -0.05) is 6.07 Å². The second-order valence-corrected chi connectivity index (χ2v) is 4.70. The molecule has 0 aliphatic rings. The molecule has 0 bridgehead atoms. The number of hydrogen-bond donors (Lipinski definition) is 1. The number of aliphatic hydroxyl groups is 1. The number of aryl methyl sites for hydroxylation is 1. The highest BCUT2D eigenvalue weighted by atomic mass is 19.1. The first-order valence-electron chi connectivity index (χ1n) is 6.39. The Labute approximate surface area is 124 Å². The third kappa shape index (κ3) is 3.56. The van der Waals surface area contributed by atoms with Crippen LogP contribution in [0.3, 0.4) is 0 Å². The largest absolute Gasteiger partial charge is 0.484 e. The van der Waals surface area contributed by atoms with Crippen molar-refractivity contribution in [3.8, 4) is 5.75 Å². The Kier molecular flexibility index (Phi) is 4.67. The van der Waals surface area contributed by atoms with Gasteiger partial charge in [-0.05, 0) is 42.3 Å². The minimum atomic E-state index is -1.09. The van der Waals surface area contributed by atoms with Crippen LogP contribution in [0.4, 0.5) is 14.5 Å². The SMILES string of the molecule is Cc1cc(F)ccc1C(O)COc1ccc(F)cc1[N+](=O)[O-]. The third-order valence-corrected chi connectivity index (χ3v) is 3.11. The summed E-state index contributed by atoms with van der Waals surface area (Å²) in [6, 6.07) is 6.77. The lowest BCUT2D eigenvalue weighted by Gasteiger charge is -2.15. The first-order valence-corrected chi connectivity index (χ1v) is 6.39. The van der Waals surface area contributed by atoms with E-state index in [9.17, 15) is 24.0 Å². The molecule has 0 fully saturated rings. The zero-order valence-electron chi connectivity index (χ0n) is 11.6. The van der Waals surface area contributed by atoms with E-state index in [0.717, 1.165) is 18.2 Å². The van der Waals surface area contributed by atoms with Crippen molar-refractivity contribution in [2.45, 2.75) is 13.0 Å². The Morgan fingerprint density at radius 3 is 2.50 bits per heavy atom. The number of nitro benzene ring substituents is 1. The van der Waals surface area contributed by atoms with Crippen LogP contribution in [-0.2, 0) is 0 Å². The Morgan fingerprint density at radius 2 is 1.86 bits per heavy atom. The van der Waals surface area contributed by atoms with Crippen LogP contribution >= 0.6 is 0 Å². The fraction of sp³-hybridized carbons (Fsp3) is 0.200. The van der Waals surface area contributed by atoms with E-state index >= 15 is 0 Å². The fourth-order valence-electron chi connectivity index (χ4n) is 2.03. The molecule has 0 saturated heterocycles. The van der Waals surface area contributed by atoms with Crippen molar-refractivity contribution >= 4 is 5.69 Å². The van der Waals surface area contributed by atoms with Crippen molar-refractivity contribution in [3.05, 3.63) is 69.3 Å². The van der Waals surface area contributed by atoms with Crippen molar-refractivity contribution in [2.75, 3.05) is 6.61 Å². The molecule has 0 aromatic heterocycles. The molecule has 22 heavy (non-hydrogen) atoms. The first-order chi connectivity index (χ1) is 10.4. The minimum absolute atomic E-state index is 0.148. The molecule has 116 valence electrons. The average molecular weight is 309 g/mol. The molecule has 0 radical (unpaired) electrons. The maximum atomic E-state index is 13.0. The van der Waals surface area contributed by atoms with E-state index in [0.29, 0.717) is 11.1 Å². The summed E-state index contributed by atoms with van der Waals surface area (Å²) in [5, 5.41) is 20.9. The number of nitrogens with zero attached hydrogens (tertiary/aromatic N) is 1. The number of aliphatic hydroxyl groups excluding tert-OH is 1. The molecule has 0 heterocycles. The highest BCUT2D eigenvalue weighted by Crippen LogP contribution is 2.29. The van der Waals surface area contributed by atoms with Gasteiger partial charge < -0.3 is 9.84 Å². The molecular weight excluding hydrogens is 296 g/mol. The quantitative estimate of drug-likeness (QED) is 0.679. The Morgan fingerprint density at radius 1 is 1.23 bits per heavy atom. The number of rotatable bonds is 5. The lowest BCUT2D eigenvalue weighted by molar-refractivity contribution is -0.386. The van der Waals surface area contributed by atoms with Gasteiger partial charge in [0, 0.05) is 0 Å². The number of hydrogen-bond acceptors (Lipinski definition) is 4. The van der Waals surface area contributed by atoms with E-state index in [1.165, 1.54) is 18.2 Å². The standard InChI is InChI=1S/C15H13F2NO4/c1-9-6-10(16)2-4-12(9)14(19)8-22-15-5-3-11(17)7-13(15)18(20)21/h2-7,14,19H,8H2,1H3. The molecule has 5 nitrogen and oxygen atoms in total. The second-order valence-electron chi connectivity index (χ2n) is 4.70. The number of nitro groups is 1. The van der Waals surface area contributed by atoms with Crippen molar-refractivity contribution < 1.29 is 23.5 Å². The van der Waals surface area contributed by atoms with Crippen molar-refractivity contribution in [1.82, 2.24) is 0 Å². The molecule has 0 spiro atoms. The van der Waals surface area contributed by atoms with Crippen LogP contribution < -0.4 is 4.74 Å². The Balaban J connectivity index is 2.14. The molecule has 0 amide bonds. The monoisotopic (exact) mass is 309 g/mol. The van der Waals surface area contributed by atoms with Gasteiger partial charge in [-0.3, -0.25) is 10.1 Å². The lowest BCUT2D eigenvalue weighted by atomic mass is 10.0. The van der Waals surface area contributed by atoms with Crippen LogP contribution in [0.25, 0.3) is 0 Å². The van der Waals surface area contributed by atoms with Gasteiger partial charge in [0.25, 0.3) is 0 Å². The zero-order chi connectivity index (χ0) is 16.3. The van der Waals surface area contributed by atoms with E-state index in [-0.39, 0.29) is 12.4 Å². The molecule has 0 aliphatic carbocycles. The summed E-state index contributed by atoms with van der Waals surface area (Å²) in [5.74, 6) is -1.33. The molecule has 0 saturated carbocycles. The van der Waals surface area contributed by atoms with E-state index in [2.05, 4.69) is 0 Å². The summed E-state index contributed by atoms with van der Waals surface area (Å²) in [6.07, 6.45) is -1.09. The van der Waals surface area contributed by atoms with Crippen molar-refractivity contribution in [3.63, 3.8) is 0 Å². The van der Waals surface area contributed by atoms with Gasteiger partial charge in [-0.2, -0.15) is 0 Å². The predicted octanol–water partition coefficient (Wildman–Crippen LogP) is 3.29. The normalized spacial score (nSPS) is 12.0. The van der Waals surface area contributed by atoms with Crippen LogP contribution in [0.5, 0.6) is 5.75 Å². The van der Waals surface area contributed by atoms with E-state index < -0.39 is 28.3 Å². The van der Waals surface area contributed by atoms with Crippen LogP contribution in [-0.4, -0.2) is 16.6 Å². The number of halogens is 2. The second kappa shape index (κ2) is 6.48. The zero-order valence-corrected chi connectivity index (χ0v) is 11.6. The fourth-order valence-corrected chi connectivity index (χ4v) is 2.03. The average Bonchev–Trinajstić information content (AvgIpc) is 2.45.